The highest BCUT2D eigenvalue weighted by Crippen LogP contribution is 2.37. The van der Waals surface area contributed by atoms with E-state index in [1.54, 1.807) is 18.2 Å². The molecular formula is C24H22F3NO. The molecule has 5 heteroatoms. The molecule has 4 rings (SSSR count). The van der Waals surface area contributed by atoms with Gasteiger partial charge in [-0.1, -0.05) is 72.8 Å². The van der Waals surface area contributed by atoms with E-state index in [1.807, 2.05) is 30.3 Å². The number of rotatable bonds is 4. The molecular weight excluding hydrogens is 375 g/mol. The van der Waals surface area contributed by atoms with Gasteiger partial charge in [0.15, 0.2) is 0 Å². The van der Waals surface area contributed by atoms with Crippen molar-refractivity contribution in [3.05, 3.63) is 95.6 Å². The summed E-state index contributed by atoms with van der Waals surface area (Å²) in [6.07, 6.45) is -4.32. The van der Waals surface area contributed by atoms with E-state index in [4.69, 9.17) is 4.74 Å². The fourth-order valence-electron chi connectivity index (χ4n) is 3.75. The minimum absolute atomic E-state index is 0.0443. The zero-order valence-electron chi connectivity index (χ0n) is 15.9. The number of hydrogen-bond acceptors (Lipinski definition) is 2. The van der Waals surface area contributed by atoms with Crippen LogP contribution >= 0.6 is 0 Å². The third-order valence-electron chi connectivity index (χ3n) is 5.23. The molecule has 29 heavy (non-hydrogen) atoms. The maximum atomic E-state index is 13.3. The Balaban J connectivity index is 1.47. The van der Waals surface area contributed by atoms with E-state index in [0.29, 0.717) is 12.2 Å². The molecule has 2 nitrogen and oxygen atoms in total. The highest BCUT2D eigenvalue weighted by Gasteiger charge is 2.33. The molecule has 1 aliphatic rings. The lowest BCUT2D eigenvalue weighted by atomic mass is 9.98. The van der Waals surface area contributed by atoms with Gasteiger partial charge in [-0.25, -0.2) is 0 Å². The fraction of sp³-hybridized carbons (Fsp3) is 0.250. The standard InChI is InChI=1S/C24H22F3NO/c25-24(26,27)22-9-5-4-8-21(22)19-12-10-18(11-13-19)16-28-14-15-29-23(17-28)20-6-2-1-3-7-20/h1-13,23H,14-17H2/t23-/m1/s1. The predicted octanol–water partition coefficient (Wildman–Crippen LogP) is 5.95. The molecule has 0 bridgehead atoms. The number of benzene rings is 3. The fourth-order valence-corrected chi connectivity index (χ4v) is 3.75. The van der Waals surface area contributed by atoms with E-state index < -0.39 is 11.7 Å². The molecule has 1 aliphatic heterocycles. The van der Waals surface area contributed by atoms with Crippen LogP contribution in [0.25, 0.3) is 11.1 Å². The van der Waals surface area contributed by atoms with Crippen molar-refractivity contribution in [3.8, 4) is 11.1 Å². The van der Waals surface area contributed by atoms with Gasteiger partial charge in [-0.2, -0.15) is 13.2 Å². The van der Waals surface area contributed by atoms with Crippen molar-refractivity contribution in [3.63, 3.8) is 0 Å². The topological polar surface area (TPSA) is 12.5 Å². The lowest BCUT2D eigenvalue weighted by molar-refractivity contribution is -0.137. The number of halogens is 3. The zero-order chi connectivity index (χ0) is 20.3. The molecule has 1 atom stereocenters. The van der Waals surface area contributed by atoms with Crippen molar-refractivity contribution in [1.82, 2.24) is 4.90 Å². The Morgan fingerprint density at radius 3 is 2.28 bits per heavy atom. The zero-order valence-corrected chi connectivity index (χ0v) is 15.9. The third-order valence-corrected chi connectivity index (χ3v) is 5.23. The van der Waals surface area contributed by atoms with E-state index in [2.05, 4.69) is 17.0 Å². The maximum absolute atomic E-state index is 13.3. The quantitative estimate of drug-likeness (QED) is 0.540. The summed E-state index contributed by atoms with van der Waals surface area (Å²) in [6, 6.07) is 23.2. The first kappa shape index (κ1) is 19.7. The van der Waals surface area contributed by atoms with E-state index in [1.165, 1.54) is 12.1 Å². The second kappa shape index (κ2) is 8.39. The minimum atomic E-state index is -4.37. The summed E-state index contributed by atoms with van der Waals surface area (Å²) in [5, 5.41) is 0. The monoisotopic (exact) mass is 397 g/mol. The van der Waals surface area contributed by atoms with Gasteiger partial charge in [-0.15, -0.1) is 0 Å². The summed E-state index contributed by atoms with van der Waals surface area (Å²) < 4.78 is 45.7. The molecule has 3 aromatic rings. The number of nitrogens with zero attached hydrogens (tertiary/aromatic N) is 1. The molecule has 150 valence electrons. The lowest BCUT2D eigenvalue weighted by Crippen LogP contribution is -2.37. The van der Waals surface area contributed by atoms with Crippen molar-refractivity contribution >= 4 is 0 Å². The van der Waals surface area contributed by atoms with Crippen LogP contribution in [0.1, 0.15) is 22.8 Å². The normalized spacial score (nSPS) is 18.0. The Morgan fingerprint density at radius 2 is 1.55 bits per heavy atom. The number of hydrogen-bond donors (Lipinski definition) is 0. The lowest BCUT2D eigenvalue weighted by Gasteiger charge is -2.33. The highest BCUT2D eigenvalue weighted by atomic mass is 19.4. The van der Waals surface area contributed by atoms with Crippen LogP contribution in [-0.2, 0) is 17.5 Å². The first-order chi connectivity index (χ1) is 14.0. The summed E-state index contributed by atoms with van der Waals surface area (Å²) in [5.41, 5.74) is 2.42. The molecule has 0 spiro atoms. The van der Waals surface area contributed by atoms with Crippen molar-refractivity contribution in [2.45, 2.75) is 18.8 Å². The van der Waals surface area contributed by atoms with Gasteiger partial charge in [0, 0.05) is 19.6 Å². The summed E-state index contributed by atoms with van der Waals surface area (Å²) in [5.74, 6) is 0. The van der Waals surface area contributed by atoms with Crippen LogP contribution in [0.5, 0.6) is 0 Å². The smallest absolute Gasteiger partial charge is 0.371 e. The van der Waals surface area contributed by atoms with Gasteiger partial charge in [-0.05, 0) is 28.3 Å². The molecule has 0 aliphatic carbocycles. The average molecular weight is 397 g/mol. The van der Waals surface area contributed by atoms with E-state index in [-0.39, 0.29) is 11.7 Å². The largest absolute Gasteiger partial charge is 0.417 e. The number of morpholine rings is 1. The van der Waals surface area contributed by atoms with Gasteiger partial charge in [0.25, 0.3) is 0 Å². The summed E-state index contributed by atoms with van der Waals surface area (Å²) in [4.78, 5) is 2.32. The Kier molecular flexibility index (Phi) is 5.69. The second-order valence-corrected chi connectivity index (χ2v) is 7.25. The van der Waals surface area contributed by atoms with Crippen molar-refractivity contribution in [2.75, 3.05) is 19.7 Å². The highest BCUT2D eigenvalue weighted by molar-refractivity contribution is 5.68. The van der Waals surface area contributed by atoms with Crippen molar-refractivity contribution in [2.24, 2.45) is 0 Å². The predicted molar refractivity (Wildman–Crippen MR) is 107 cm³/mol. The second-order valence-electron chi connectivity index (χ2n) is 7.25. The van der Waals surface area contributed by atoms with Crippen LogP contribution in [0.2, 0.25) is 0 Å². The summed E-state index contributed by atoms with van der Waals surface area (Å²) in [7, 11) is 0. The van der Waals surface area contributed by atoms with Crippen LogP contribution < -0.4 is 0 Å². The Bertz CT molecular complexity index is 938. The summed E-state index contributed by atoms with van der Waals surface area (Å²) in [6.45, 7) is 3.04. The molecule has 0 N–H and O–H groups in total. The number of ether oxygens (including phenoxy) is 1. The molecule has 0 radical (unpaired) electrons. The summed E-state index contributed by atoms with van der Waals surface area (Å²) >= 11 is 0. The SMILES string of the molecule is FC(F)(F)c1ccccc1-c1ccc(CN2CCO[C@@H](c3ccccc3)C2)cc1. The Labute approximate surface area is 168 Å². The van der Waals surface area contributed by atoms with Gasteiger partial charge in [0.2, 0.25) is 0 Å². The van der Waals surface area contributed by atoms with Gasteiger partial charge < -0.3 is 4.74 Å². The maximum Gasteiger partial charge on any atom is 0.417 e. The van der Waals surface area contributed by atoms with Gasteiger partial charge in [0.05, 0.1) is 18.3 Å². The number of alkyl halides is 3. The van der Waals surface area contributed by atoms with E-state index in [0.717, 1.165) is 36.8 Å². The first-order valence-electron chi connectivity index (χ1n) is 9.65. The molecule has 0 saturated carbocycles. The van der Waals surface area contributed by atoms with Crippen LogP contribution in [0.4, 0.5) is 13.2 Å². The molecule has 0 amide bonds. The Morgan fingerprint density at radius 1 is 0.862 bits per heavy atom. The van der Waals surface area contributed by atoms with Crippen LogP contribution in [-0.4, -0.2) is 24.6 Å². The van der Waals surface area contributed by atoms with E-state index in [9.17, 15) is 13.2 Å². The third kappa shape index (κ3) is 4.69. The molecule has 3 aromatic carbocycles. The first-order valence-corrected chi connectivity index (χ1v) is 9.65. The van der Waals surface area contributed by atoms with Gasteiger partial charge in [-0.3, -0.25) is 4.90 Å². The molecule has 1 fully saturated rings. The van der Waals surface area contributed by atoms with Gasteiger partial charge >= 0.3 is 6.18 Å². The van der Waals surface area contributed by atoms with Crippen LogP contribution in [0.15, 0.2) is 78.9 Å². The van der Waals surface area contributed by atoms with Crippen molar-refractivity contribution < 1.29 is 17.9 Å². The molecule has 1 saturated heterocycles. The van der Waals surface area contributed by atoms with E-state index >= 15 is 0 Å². The molecule has 1 heterocycles. The molecule has 0 unspecified atom stereocenters. The Hall–Kier alpha value is -2.63. The minimum Gasteiger partial charge on any atom is -0.371 e. The molecule has 0 aromatic heterocycles. The van der Waals surface area contributed by atoms with Crippen LogP contribution in [0.3, 0.4) is 0 Å². The van der Waals surface area contributed by atoms with Crippen molar-refractivity contribution in [1.29, 1.82) is 0 Å². The average Bonchev–Trinajstić information content (AvgIpc) is 2.75. The van der Waals surface area contributed by atoms with Crippen LogP contribution in [0, 0.1) is 0 Å². The van der Waals surface area contributed by atoms with Gasteiger partial charge in [0.1, 0.15) is 0 Å².